The van der Waals surface area contributed by atoms with E-state index in [0.29, 0.717) is 0 Å². The van der Waals surface area contributed by atoms with E-state index in [1.54, 1.807) is 0 Å². The Hall–Kier alpha value is -1.26. The van der Waals surface area contributed by atoms with E-state index < -0.39 is 0 Å². The highest BCUT2D eigenvalue weighted by atomic mass is 14.0. The van der Waals surface area contributed by atoms with E-state index >= 15 is 0 Å². The summed E-state index contributed by atoms with van der Waals surface area (Å²) in [6.45, 7) is 6.51. The predicted molar refractivity (Wildman–Crippen MR) is 76.2 cm³/mol. The Morgan fingerprint density at radius 2 is 1.76 bits per heavy atom. The first kappa shape index (κ1) is 13.8. The fourth-order valence-corrected chi connectivity index (χ4v) is 1.93. The third-order valence-electron chi connectivity index (χ3n) is 2.82. The second-order valence-corrected chi connectivity index (χ2v) is 4.82. The first-order chi connectivity index (χ1) is 8.22. The molecule has 0 atom stereocenters. The quantitative estimate of drug-likeness (QED) is 0.579. The Bertz CT molecular complexity index is 374. The van der Waals surface area contributed by atoms with Crippen molar-refractivity contribution in [2.45, 2.75) is 52.9 Å². The molecule has 0 amide bonds. The maximum Gasteiger partial charge on any atom is -0.0203 e. The van der Waals surface area contributed by atoms with Gasteiger partial charge < -0.3 is 0 Å². The molecular weight excluding hydrogens is 204 g/mol. The summed E-state index contributed by atoms with van der Waals surface area (Å²) in [5.41, 5.74) is 7.72. The minimum Gasteiger partial charge on any atom is -0.123 e. The minimum absolute atomic E-state index is 1.14. The van der Waals surface area contributed by atoms with Gasteiger partial charge in [0.2, 0.25) is 0 Å². The molecule has 1 aromatic rings. The van der Waals surface area contributed by atoms with Crippen LogP contribution in [0.15, 0.2) is 47.2 Å². The van der Waals surface area contributed by atoms with Gasteiger partial charge in [0.25, 0.3) is 0 Å². The normalized spacial score (nSPS) is 9.82. The van der Waals surface area contributed by atoms with Crippen LogP contribution >= 0.6 is 0 Å². The molecule has 0 aliphatic heterocycles. The Labute approximate surface area is 106 Å². The summed E-state index contributed by atoms with van der Waals surface area (Å²) in [5, 5.41) is 0. The van der Waals surface area contributed by atoms with Crippen LogP contribution in [-0.2, 0) is 6.42 Å². The van der Waals surface area contributed by atoms with E-state index in [0.717, 1.165) is 12.8 Å². The van der Waals surface area contributed by atoms with Gasteiger partial charge in [0.05, 0.1) is 0 Å². The van der Waals surface area contributed by atoms with Crippen LogP contribution in [0.25, 0.3) is 0 Å². The molecule has 0 heterocycles. The molecule has 0 radical (unpaired) electrons. The molecule has 92 valence electrons. The number of hydrogen-bond donors (Lipinski definition) is 0. The number of aryl methyl sites for hydroxylation is 1. The predicted octanol–water partition coefficient (Wildman–Crippen LogP) is 5.30. The lowest BCUT2D eigenvalue weighted by molar-refractivity contribution is 0.750. The van der Waals surface area contributed by atoms with Crippen molar-refractivity contribution in [2.75, 3.05) is 0 Å². The van der Waals surface area contributed by atoms with Crippen molar-refractivity contribution in [3.05, 3.63) is 52.8 Å². The van der Waals surface area contributed by atoms with Crippen molar-refractivity contribution < 1.29 is 0 Å². The molecule has 17 heavy (non-hydrogen) atoms. The van der Waals surface area contributed by atoms with Crippen LogP contribution in [0.1, 0.15) is 52.0 Å². The van der Waals surface area contributed by atoms with Gasteiger partial charge in [0.1, 0.15) is 0 Å². The van der Waals surface area contributed by atoms with Gasteiger partial charge in [-0.3, -0.25) is 0 Å². The van der Waals surface area contributed by atoms with Gasteiger partial charge in [-0.1, -0.05) is 43.7 Å². The van der Waals surface area contributed by atoms with E-state index in [4.69, 9.17) is 0 Å². The third-order valence-corrected chi connectivity index (χ3v) is 2.82. The van der Waals surface area contributed by atoms with Crippen LogP contribution in [0.5, 0.6) is 0 Å². The van der Waals surface area contributed by atoms with E-state index in [1.165, 1.54) is 36.0 Å². The molecule has 0 heteroatoms. The summed E-state index contributed by atoms with van der Waals surface area (Å²) in [6.07, 6.45) is 6.04. The van der Waals surface area contributed by atoms with Crippen LogP contribution in [-0.4, -0.2) is 0 Å². The zero-order valence-corrected chi connectivity index (χ0v) is 11.4. The molecule has 0 saturated heterocycles. The molecule has 1 rings (SSSR count). The van der Waals surface area contributed by atoms with Gasteiger partial charge in [-0.25, -0.2) is 0 Å². The molecule has 0 bridgehead atoms. The molecular formula is C17H24. The third kappa shape index (κ3) is 6.14. The molecule has 0 saturated carbocycles. The topological polar surface area (TPSA) is 0 Å². The monoisotopic (exact) mass is 228 g/mol. The smallest absolute Gasteiger partial charge is 0.0203 e. The zero-order valence-electron chi connectivity index (χ0n) is 11.4. The summed E-state index contributed by atoms with van der Waals surface area (Å²) >= 11 is 0. The molecule has 0 aliphatic carbocycles. The summed E-state index contributed by atoms with van der Waals surface area (Å²) in [4.78, 5) is 0. The fourth-order valence-electron chi connectivity index (χ4n) is 1.93. The van der Waals surface area contributed by atoms with Crippen molar-refractivity contribution in [2.24, 2.45) is 0 Å². The van der Waals surface area contributed by atoms with Crippen molar-refractivity contribution in [3.63, 3.8) is 0 Å². The van der Waals surface area contributed by atoms with Crippen LogP contribution in [0.4, 0.5) is 0 Å². The summed E-state index contributed by atoms with van der Waals surface area (Å²) in [7, 11) is 0. The molecule has 0 nitrogen and oxygen atoms in total. The average molecular weight is 228 g/mol. The Balaban J connectivity index is 2.59. The summed E-state index contributed by atoms with van der Waals surface area (Å²) in [6, 6.07) is 10.7. The number of benzene rings is 1. The standard InChI is InChI=1S/C17H24/c1-4-5-9-17(14-15(2)3)13-12-16-10-7-6-8-11-16/h6-8,10-11H,4-5,9,12-13H2,1-3H3. The molecule has 0 spiro atoms. The van der Waals surface area contributed by atoms with Crippen molar-refractivity contribution in [3.8, 4) is 0 Å². The second-order valence-electron chi connectivity index (χ2n) is 4.82. The van der Waals surface area contributed by atoms with Crippen LogP contribution in [0, 0.1) is 0 Å². The van der Waals surface area contributed by atoms with E-state index in [2.05, 4.69) is 56.8 Å². The molecule has 0 N–H and O–H groups in total. The Morgan fingerprint density at radius 3 is 2.35 bits per heavy atom. The van der Waals surface area contributed by atoms with Crippen LogP contribution in [0.3, 0.4) is 0 Å². The maximum absolute atomic E-state index is 3.52. The van der Waals surface area contributed by atoms with E-state index in [9.17, 15) is 0 Å². The highest BCUT2D eigenvalue weighted by Crippen LogP contribution is 2.15. The van der Waals surface area contributed by atoms with Crippen molar-refractivity contribution in [1.82, 2.24) is 0 Å². The van der Waals surface area contributed by atoms with Crippen LogP contribution in [0.2, 0.25) is 0 Å². The second kappa shape index (κ2) is 7.92. The number of unbranched alkanes of at least 4 members (excludes halogenated alkanes) is 1. The number of allylic oxidation sites excluding steroid dienone is 1. The SMILES string of the molecule is CCCCC(=C=C(C)C)CCc1ccccc1. The summed E-state index contributed by atoms with van der Waals surface area (Å²) < 4.78 is 0. The van der Waals surface area contributed by atoms with E-state index in [1.807, 2.05) is 0 Å². The van der Waals surface area contributed by atoms with Gasteiger partial charge in [0.15, 0.2) is 0 Å². The lowest BCUT2D eigenvalue weighted by Crippen LogP contribution is -1.89. The number of rotatable bonds is 6. The molecule has 0 unspecified atom stereocenters. The minimum atomic E-state index is 1.14. The molecule has 1 aromatic carbocycles. The van der Waals surface area contributed by atoms with Gasteiger partial charge in [-0.15, -0.1) is 5.73 Å². The average Bonchev–Trinajstić information content (AvgIpc) is 2.33. The lowest BCUT2D eigenvalue weighted by Gasteiger charge is -2.05. The van der Waals surface area contributed by atoms with E-state index in [-0.39, 0.29) is 0 Å². The van der Waals surface area contributed by atoms with Crippen molar-refractivity contribution >= 4 is 0 Å². The van der Waals surface area contributed by atoms with Crippen LogP contribution < -0.4 is 0 Å². The highest BCUT2D eigenvalue weighted by molar-refractivity contribution is 5.17. The molecule has 0 aromatic heterocycles. The molecule has 0 aliphatic rings. The van der Waals surface area contributed by atoms with Gasteiger partial charge >= 0.3 is 0 Å². The maximum atomic E-state index is 3.52. The highest BCUT2D eigenvalue weighted by Gasteiger charge is 1.98. The number of hydrogen-bond acceptors (Lipinski definition) is 0. The van der Waals surface area contributed by atoms with Gasteiger partial charge in [0, 0.05) is 0 Å². The lowest BCUT2D eigenvalue weighted by atomic mass is 10.0. The summed E-state index contributed by atoms with van der Waals surface area (Å²) in [5.74, 6) is 0. The van der Waals surface area contributed by atoms with Crippen molar-refractivity contribution in [1.29, 1.82) is 0 Å². The van der Waals surface area contributed by atoms with Gasteiger partial charge in [-0.05, 0) is 56.2 Å². The van der Waals surface area contributed by atoms with Gasteiger partial charge in [-0.2, -0.15) is 0 Å². The molecule has 0 fully saturated rings. The first-order valence-corrected chi connectivity index (χ1v) is 6.68. The Kier molecular flexibility index (Phi) is 6.43. The fraction of sp³-hybridized carbons (Fsp3) is 0.471. The zero-order chi connectivity index (χ0) is 12.5. The Morgan fingerprint density at radius 1 is 1.06 bits per heavy atom. The first-order valence-electron chi connectivity index (χ1n) is 6.68. The largest absolute Gasteiger partial charge is 0.123 e.